The lowest BCUT2D eigenvalue weighted by atomic mass is 10.1. The topological polar surface area (TPSA) is 45.7 Å². The third kappa shape index (κ3) is 7.48. The van der Waals surface area contributed by atoms with Crippen molar-refractivity contribution in [2.45, 2.75) is 39.3 Å². The van der Waals surface area contributed by atoms with Gasteiger partial charge in [0.25, 0.3) is 6.43 Å². The number of rotatable bonds is 5. The molecule has 0 aliphatic rings. The molecule has 1 aromatic carbocycles. The highest BCUT2D eigenvalue weighted by Crippen LogP contribution is 2.14. The van der Waals surface area contributed by atoms with Crippen molar-refractivity contribution in [3.63, 3.8) is 0 Å². The summed E-state index contributed by atoms with van der Waals surface area (Å²) in [5.74, 6) is 1.12. The first-order valence-corrected chi connectivity index (χ1v) is 6.79. The standard InChI is InChI=1S/C15H23F2N3O/c1-15(2,3)20-14(18-4)19-9-11-6-5-7-12(8-11)21-10-13(16)17/h5-8,13H,9-10H2,1-4H3,(H2,18,19,20). The summed E-state index contributed by atoms with van der Waals surface area (Å²) in [6.45, 7) is 6.06. The minimum absolute atomic E-state index is 0.0932. The lowest BCUT2D eigenvalue weighted by Gasteiger charge is -2.23. The Morgan fingerprint density at radius 1 is 1.33 bits per heavy atom. The third-order valence-corrected chi connectivity index (χ3v) is 2.45. The van der Waals surface area contributed by atoms with Crippen LogP contribution in [0.4, 0.5) is 8.78 Å². The predicted molar refractivity (Wildman–Crippen MR) is 81.0 cm³/mol. The zero-order valence-electron chi connectivity index (χ0n) is 12.9. The maximum atomic E-state index is 12.1. The highest BCUT2D eigenvalue weighted by molar-refractivity contribution is 5.80. The van der Waals surface area contributed by atoms with E-state index in [9.17, 15) is 8.78 Å². The lowest BCUT2D eigenvalue weighted by molar-refractivity contribution is 0.0818. The molecular formula is C15H23F2N3O. The van der Waals surface area contributed by atoms with Crippen LogP contribution in [0.3, 0.4) is 0 Å². The number of hydrogen-bond donors (Lipinski definition) is 2. The van der Waals surface area contributed by atoms with E-state index < -0.39 is 13.0 Å². The Kier molecular flexibility index (Phi) is 6.39. The molecule has 0 aromatic heterocycles. The number of hydrogen-bond acceptors (Lipinski definition) is 2. The number of guanidine groups is 1. The lowest BCUT2D eigenvalue weighted by Crippen LogP contribution is -2.47. The molecule has 4 nitrogen and oxygen atoms in total. The van der Waals surface area contributed by atoms with E-state index in [2.05, 4.69) is 15.6 Å². The van der Waals surface area contributed by atoms with Crippen molar-refractivity contribution in [2.75, 3.05) is 13.7 Å². The predicted octanol–water partition coefficient (Wildman–Crippen LogP) is 2.79. The summed E-state index contributed by atoms with van der Waals surface area (Å²) in [6.07, 6.45) is -2.47. The van der Waals surface area contributed by atoms with E-state index in [-0.39, 0.29) is 5.54 Å². The summed E-state index contributed by atoms with van der Waals surface area (Å²) in [5, 5.41) is 6.41. The van der Waals surface area contributed by atoms with Crippen molar-refractivity contribution in [3.05, 3.63) is 29.8 Å². The molecule has 6 heteroatoms. The maximum absolute atomic E-state index is 12.1. The van der Waals surface area contributed by atoms with Crippen LogP contribution in [0.1, 0.15) is 26.3 Å². The van der Waals surface area contributed by atoms with Gasteiger partial charge in [0, 0.05) is 19.1 Å². The Morgan fingerprint density at radius 3 is 2.62 bits per heavy atom. The minimum atomic E-state index is -2.47. The van der Waals surface area contributed by atoms with E-state index in [4.69, 9.17) is 4.74 Å². The normalized spacial score (nSPS) is 12.4. The second kappa shape index (κ2) is 7.81. The molecule has 0 aliphatic carbocycles. The second-order valence-electron chi connectivity index (χ2n) is 5.65. The fourth-order valence-corrected chi connectivity index (χ4v) is 1.62. The number of halogens is 2. The molecule has 0 spiro atoms. The average molecular weight is 299 g/mol. The van der Waals surface area contributed by atoms with Crippen LogP contribution in [0.2, 0.25) is 0 Å². The highest BCUT2D eigenvalue weighted by Gasteiger charge is 2.11. The van der Waals surface area contributed by atoms with Gasteiger partial charge in [0.2, 0.25) is 0 Å². The molecule has 2 N–H and O–H groups in total. The fraction of sp³-hybridized carbons (Fsp3) is 0.533. The van der Waals surface area contributed by atoms with Gasteiger partial charge in [0.05, 0.1) is 0 Å². The van der Waals surface area contributed by atoms with Gasteiger partial charge in [-0.1, -0.05) is 12.1 Å². The van der Waals surface area contributed by atoms with Gasteiger partial charge < -0.3 is 15.4 Å². The van der Waals surface area contributed by atoms with Gasteiger partial charge in [-0.15, -0.1) is 0 Å². The van der Waals surface area contributed by atoms with Crippen LogP contribution in [0.25, 0.3) is 0 Å². The van der Waals surface area contributed by atoms with Crippen molar-refractivity contribution >= 4 is 5.96 Å². The largest absolute Gasteiger partial charge is 0.488 e. The van der Waals surface area contributed by atoms with Crippen molar-refractivity contribution in [2.24, 2.45) is 4.99 Å². The minimum Gasteiger partial charge on any atom is -0.488 e. The van der Waals surface area contributed by atoms with E-state index in [1.165, 1.54) is 0 Å². The van der Waals surface area contributed by atoms with Crippen LogP contribution in [0, 0.1) is 0 Å². The number of nitrogens with zero attached hydrogens (tertiary/aromatic N) is 1. The molecule has 0 saturated heterocycles. The molecule has 0 radical (unpaired) electrons. The summed E-state index contributed by atoms with van der Waals surface area (Å²) in [5.41, 5.74) is 0.836. The van der Waals surface area contributed by atoms with Crippen LogP contribution >= 0.6 is 0 Å². The molecule has 1 rings (SSSR count). The van der Waals surface area contributed by atoms with Crippen molar-refractivity contribution in [3.8, 4) is 5.75 Å². The van der Waals surface area contributed by atoms with Crippen LogP contribution in [-0.4, -0.2) is 31.6 Å². The first-order chi connectivity index (χ1) is 9.80. The van der Waals surface area contributed by atoms with Gasteiger partial charge in [-0.2, -0.15) is 0 Å². The summed E-state index contributed by atoms with van der Waals surface area (Å²) in [6, 6.07) is 7.07. The van der Waals surface area contributed by atoms with Crippen LogP contribution in [-0.2, 0) is 6.54 Å². The van der Waals surface area contributed by atoms with E-state index in [1.54, 1.807) is 25.2 Å². The van der Waals surface area contributed by atoms with Gasteiger partial charge in [0.15, 0.2) is 5.96 Å². The molecule has 21 heavy (non-hydrogen) atoms. The number of benzene rings is 1. The number of aliphatic imine (C=N–C) groups is 1. The van der Waals surface area contributed by atoms with E-state index in [0.717, 1.165) is 5.56 Å². The van der Waals surface area contributed by atoms with Crippen molar-refractivity contribution in [1.29, 1.82) is 0 Å². The molecule has 0 bridgehead atoms. The molecule has 0 amide bonds. The quantitative estimate of drug-likeness (QED) is 0.649. The Morgan fingerprint density at radius 2 is 2.05 bits per heavy atom. The molecule has 0 atom stereocenters. The van der Waals surface area contributed by atoms with E-state index in [0.29, 0.717) is 18.3 Å². The molecule has 1 aromatic rings. The molecule has 0 fully saturated rings. The first kappa shape index (κ1) is 17.2. The Hall–Kier alpha value is -1.85. The van der Waals surface area contributed by atoms with E-state index in [1.807, 2.05) is 26.8 Å². The maximum Gasteiger partial charge on any atom is 0.272 e. The SMILES string of the molecule is CN=C(NCc1cccc(OCC(F)F)c1)NC(C)(C)C. The molecule has 0 unspecified atom stereocenters. The van der Waals surface area contributed by atoms with Gasteiger partial charge in [-0.3, -0.25) is 4.99 Å². The monoisotopic (exact) mass is 299 g/mol. The Labute approximate surface area is 124 Å². The Bertz CT molecular complexity index is 470. The van der Waals surface area contributed by atoms with Gasteiger partial charge >= 0.3 is 0 Å². The molecule has 118 valence electrons. The van der Waals surface area contributed by atoms with Crippen LogP contribution < -0.4 is 15.4 Å². The third-order valence-electron chi connectivity index (χ3n) is 2.45. The number of nitrogens with one attached hydrogen (secondary N) is 2. The number of alkyl halides is 2. The summed E-state index contributed by atoms with van der Waals surface area (Å²) < 4.78 is 29.2. The molecule has 0 heterocycles. The second-order valence-corrected chi connectivity index (χ2v) is 5.65. The number of ether oxygens (including phenoxy) is 1. The van der Waals surface area contributed by atoms with Crippen LogP contribution in [0.15, 0.2) is 29.3 Å². The smallest absolute Gasteiger partial charge is 0.272 e. The van der Waals surface area contributed by atoms with Gasteiger partial charge in [0.1, 0.15) is 12.4 Å². The summed E-state index contributed by atoms with van der Waals surface area (Å²) in [7, 11) is 1.70. The Balaban J connectivity index is 2.56. The van der Waals surface area contributed by atoms with Crippen molar-refractivity contribution < 1.29 is 13.5 Å². The van der Waals surface area contributed by atoms with Crippen molar-refractivity contribution in [1.82, 2.24) is 10.6 Å². The zero-order chi connectivity index (χ0) is 15.9. The van der Waals surface area contributed by atoms with Crippen LogP contribution in [0.5, 0.6) is 5.75 Å². The summed E-state index contributed by atoms with van der Waals surface area (Å²) in [4.78, 5) is 4.13. The average Bonchev–Trinajstić information content (AvgIpc) is 2.40. The van der Waals surface area contributed by atoms with Gasteiger partial charge in [-0.05, 0) is 38.5 Å². The first-order valence-electron chi connectivity index (χ1n) is 6.79. The van der Waals surface area contributed by atoms with E-state index >= 15 is 0 Å². The fourth-order valence-electron chi connectivity index (χ4n) is 1.62. The summed E-state index contributed by atoms with van der Waals surface area (Å²) >= 11 is 0. The molecular weight excluding hydrogens is 276 g/mol. The van der Waals surface area contributed by atoms with Gasteiger partial charge in [-0.25, -0.2) is 8.78 Å². The zero-order valence-corrected chi connectivity index (χ0v) is 12.9. The molecule has 0 saturated carbocycles. The molecule has 0 aliphatic heterocycles. The highest BCUT2D eigenvalue weighted by atomic mass is 19.3.